The number of thiophene rings is 1. The predicted octanol–water partition coefficient (Wildman–Crippen LogP) is 3.76. The SMILES string of the molecule is C[C@H]1c2ccsc2CCN1C(=O)C[C@@H](NC(N)=O)c1cccc(Br)c1. The van der Waals surface area contributed by atoms with Gasteiger partial charge in [-0.15, -0.1) is 11.3 Å². The molecule has 3 N–H and O–H groups in total. The Morgan fingerprint density at radius 3 is 2.96 bits per heavy atom. The number of nitrogens with two attached hydrogens (primary N) is 1. The van der Waals surface area contributed by atoms with Gasteiger partial charge in [0.05, 0.1) is 18.5 Å². The summed E-state index contributed by atoms with van der Waals surface area (Å²) in [5, 5.41) is 4.77. The Balaban J connectivity index is 1.77. The molecule has 0 bridgehead atoms. The van der Waals surface area contributed by atoms with E-state index in [1.54, 1.807) is 11.3 Å². The lowest BCUT2D eigenvalue weighted by molar-refractivity contribution is -0.134. The zero-order valence-corrected chi connectivity index (χ0v) is 16.3. The van der Waals surface area contributed by atoms with E-state index in [1.165, 1.54) is 10.4 Å². The number of amides is 3. The fourth-order valence-corrected chi connectivity index (χ4v) is 4.67. The highest BCUT2D eigenvalue weighted by Crippen LogP contribution is 2.34. The Hall–Kier alpha value is -1.86. The molecule has 2 aromatic rings. The van der Waals surface area contributed by atoms with Crippen molar-refractivity contribution in [1.29, 1.82) is 0 Å². The lowest BCUT2D eigenvalue weighted by Crippen LogP contribution is -2.41. The summed E-state index contributed by atoms with van der Waals surface area (Å²) in [4.78, 5) is 27.6. The minimum absolute atomic E-state index is 0.0167. The molecule has 3 rings (SSSR count). The molecule has 0 fully saturated rings. The Morgan fingerprint density at radius 2 is 2.24 bits per heavy atom. The van der Waals surface area contributed by atoms with Gasteiger partial charge in [-0.2, -0.15) is 0 Å². The number of halogens is 1. The summed E-state index contributed by atoms with van der Waals surface area (Å²) in [5.41, 5.74) is 7.39. The summed E-state index contributed by atoms with van der Waals surface area (Å²) in [6.07, 6.45) is 1.07. The summed E-state index contributed by atoms with van der Waals surface area (Å²) >= 11 is 5.17. The van der Waals surface area contributed by atoms with Gasteiger partial charge in [0.25, 0.3) is 0 Å². The molecule has 1 aliphatic heterocycles. The van der Waals surface area contributed by atoms with Gasteiger partial charge in [0.2, 0.25) is 5.91 Å². The number of nitrogens with one attached hydrogen (secondary N) is 1. The van der Waals surface area contributed by atoms with Crippen molar-refractivity contribution in [2.45, 2.75) is 31.8 Å². The molecule has 3 amide bonds. The normalized spacial score (nSPS) is 17.7. The number of nitrogens with zero attached hydrogens (tertiary/aromatic N) is 1. The number of hydrogen-bond acceptors (Lipinski definition) is 3. The van der Waals surface area contributed by atoms with Crippen molar-refractivity contribution in [1.82, 2.24) is 10.2 Å². The van der Waals surface area contributed by atoms with Crippen LogP contribution in [0.1, 0.15) is 41.4 Å². The molecule has 2 atom stereocenters. The molecule has 0 aliphatic carbocycles. The number of urea groups is 1. The molecule has 0 saturated carbocycles. The number of hydrogen-bond donors (Lipinski definition) is 2. The second-order valence-corrected chi connectivity index (χ2v) is 8.05. The van der Waals surface area contributed by atoms with Crippen molar-refractivity contribution in [3.63, 3.8) is 0 Å². The Kier molecular flexibility index (Phi) is 5.44. The van der Waals surface area contributed by atoms with E-state index in [0.29, 0.717) is 6.54 Å². The summed E-state index contributed by atoms with van der Waals surface area (Å²) in [5.74, 6) is 0.0167. The quantitative estimate of drug-likeness (QED) is 0.788. The van der Waals surface area contributed by atoms with Crippen molar-refractivity contribution >= 4 is 39.2 Å². The molecular weight excluding hydrogens is 402 g/mol. The standard InChI is InChI=1S/C18H20BrN3O2S/c1-11-14-6-8-25-16(14)5-7-22(11)17(23)10-15(21-18(20)24)12-3-2-4-13(19)9-12/h2-4,6,8-9,11,15H,5,7,10H2,1H3,(H3,20,21,24)/t11-,15+/m0/s1. The highest BCUT2D eigenvalue weighted by molar-refractivity contribution is 9.10. The fourth-order valence-electron chi connectivity index (χ4n) is 3.29. The van der Waals surface area contributed by atoms with Gasteiger partial charge >= 0.3 is 6.03 Å². The van der Waals surface area contributed by atoms with Crippen LogP contribution in [0.15, 0.2) is 40.2 Å². The van der Waals surface area contributed by atoms with Crippen LogP contribution >= 0.6 is 27.3 Å². The lowest BCUT2D eigenvalue weighted by atomic mass is 9.98. The van der Waals surface area contributed by atoms with Crippen molar-refractivity contribution < 1.29 is 9.59 Å². The highest BCUT2D eigenvalue weighted by Gasteiger charge is 2.30. The molecule has 25 heavy (non-hydrogen) atoms. The van der Waals surface area contributed by atoms with Gasteiger partial charge in [0, 0.05) is 15.9 Å². The number of fused-ring (bicyclic) bond motifs is 1. The van der Waals surface area contributed by atoms with Gasteiger partial charge in [-0.1, -0.05) is 28.1 Å². The third-order valence-electron chi connectivity index (χ3n) is 4.54. The van der Waals surface area contributed by atoms with Crippen molar-refractivity contribution in [3.05, 3.63) is 56.2 Å². The first-order valence-electron chi connectivity index (χ1n) is 8.13. The molecule has 0 unspecified atom stereocenters. The van der Waals surface area contributed by atoms with E-state index in [2.05, 4.69) is 39.6 Å². The molecule has 0 radical (unpaired) electrons. The number of rotatable bonds is 4. The van der Waals surface area contributed by atoms with Crippen LogP contribution in [0.4, 0.5) is 4.79 Å². The third-order valence-corrected chi connectivity index (χ3v) is 6.03. The maximum atomic E-state index is 12.9. The topological polar surface area (TPSA) is 75.4 Å². The largest absolute Gasteiger partial charge is 0.352 e. The molecule has 5 nitrogen and oxygen atoms in total. The maximum Gasteiger partial charge on any atom is 0.312 e. The van der Waals surface area contributed by atoms with Crippen molar-refractivity contribution in [3.8, 4) is 0 Å². The number of carbonyl (C=O) groups is 2. The minimum atomic E-state index is -0.635. The van der Waals surface area contributed by atoms with E-state index >= 15 is 0 Å². The van der Waals surface area contributed by atoms with Gasteiger partial charge in [0.15, 0.2) is 0 Å². The van der Waals surface area contributed by atoms with Crippen LogP contribution in [-0.4, -0.2) is 23.4 Å². The van der Waals surface area contributed by atoms with Gasteiger partial charge < -0.3 is 16.0 Å². The monoisotopic (exact) mass is 421 g/mol. The Labute approximate surface area is 159 Å². The highest BCUT2D eigenvalue weighted by atomic mass is 79.9. The number of benzene rings is 1. The second kappa shape index (κ2) is 7.58. The molecule has 1 aromatic heterocycles. The van der Waals surface area contributed by atoms with Gasteiger partial charge in [-0.05, 0) is 48.1 Å². The predicted molar refractivity (Wildman–Crippen MR) is 102 cm³/mol. The molecule has 2 heterocycles. The van der Waals surface area contributed by atoms with Gasteiger partial charge in [-0.3, -0.25) is 4.79 Å². The zero-order chi connectivity index (χ0) is 18.0. The van der Waals surface area contributed by atoms with Crippen LogP contribution in [-0.2, 0) is 11.2 Å². The average Bonchev–Trinajstić information content (AvgIpc) is 3.03. The van der Waals surface area contributed by atoms with Crippen LogP contribution in [0.5, 0.6) is 0 Å². The van der Waals surface area contributed by atoms with Crippen LogP contribution in [0.3, 0.4) is 0 Å². The van der Waals surface area contributed by atoms with E-state index in [1.807, 2.05) is 29.2 Å². The smallest absolute Gasteiger partial charge is 0.312 e. The lowest BCUT2D eigenvalue weighted by Gasteiger charge is -2.34. The second-order valence-electron chi connectivity index (χ2n) is 6.13. The first-order chi connectivity index (χ1) is 12.0. The first-order valence-corrected chi connectivity index (χ1v) is 9.80. The van der Waals surface area contributed by atoms with Gasteiger partial charge in [0.1, 0.15) is 0 Å². The first kappa shape index (κ1) is 17.9. The van der Waals surface area contributed by atoms with E-state index in [-0.39, 0.29) is 18.4 Å². The summed E-state index contributed by atoms with van der Waals surface area (Å²) in [6.45, 7) is 2.76. The third kappa shape index (κ3) is 4.04. The molecule has 132 valence electrons. The number of primary amides is 1. The number of carbonyl (C=O) groups excluding carboxylic acids is 2. The Bertz CT molecular complexity index is 792. The molecule has 7 heteroatoms. The molecule has 1 aliphatic rings. The minimum Gasteiger partial charge on any atom is -0.352 e. The summed E-state index contributed by atoms with van der Waals surface area (Å²) in [6, 6.07) is 8.62. The van der Waals surface area contributed by atoms with Crippen LogP contribution < -0.4 is 11.1 Å². The van der Waals surface area contributed by atoms with Crippen molar-refractivity contribution in [2.24, 2.45) is 5.73 Å². The van der Waals surface area contributed by atoms with E-state index in [9.17, 15) is 9.59 Å². The summed E-state index contributed by atoms with van der Waals surface area (Å²) in [7, 11) is 0. The van der Waals surface area contributed by atoms with Gasteiger partial charge in [-0.25, -0.2) is 4.79 Å². The van der Waals surface area contributed by atoms with Crippen LogP contribution in [0.25, 0.3) is 0 Å². The van der Waals surface area contributed by atoms with Crippen LogP contribution in [0, 0.1) is 0 Å². The van der Waals surface area contributed by atoms with Crippen LogP contribution in [0.2, 0.25) is 0 Å². The van der Waals surface area contributed by atoms with E-state index in [0.717, 1.165) is 16.5 Å². The van der Waals surface area contributed by atoms with Crippen molar-refractivity contribution in [2.75, 3.05) is 6.54 Å². The fraction of sp³-hybridized carbons (Fsp3) is 0.333. The molecule has 0 spiro atoms. The summed E-state index contributed by atoms with van der Waals surface area (Å²) < 4.78 is 0.892. The Morgan fingerprint density at radius 1 is 1.44 bits per heavy atom. The molecule has 0 saturated heterocycles. The average molecular weight is 422 g/mol. The van der Waals surface area contributed by atoms with E-state index < -0.39 is 12.1 Å². The zero-order valence-electron chi connectivity index (χ0n) is 13.9. The maximum absolute atomic E-state index is 12.9. The molecule has 1 aromatic carbocycles. The molecular formula is C18H20BrN3O2S. The van der Waals surface area contributed by atoms with E-state index in [4.69, 9.17) is 5.73 Å².